The van der Waals surface area contributed by atoms with Gasteiger partial charge in [0, 0.05) is 10.4 Å². The summed E-state index contributed by atoms with van der Waals surface area (Å²) in [5.41, 5.74) is 5.94. The van der Waals surface area contributed by atoms with Crippen LogP contribution in [0.1, 0.15) is 50.1 Å². The molecule has 4 nitrogen and oxygen atoms in total. The van der Waals surface area contributed by atoms with E-state index in [-0.39, 0.29) is 5.56 Å². The average molecular weight is 382 g/mol. The van der Waals surface area contributed by atoms with E-state index >= 15 is 0 Å². The predicted octanol–water partition coefficient (Wildman–Crippen LogP) is 4.24. The van der Waals surface area contributed by atoms with Crippen molar-refractivity contribution in [2.75, 3.05) is 5.32 Å². The topological polar surface area (TPSA) is 72.2 Å². The number of primary amides is 1. The van der Waals surface area contributed by atoms with Crippen LogP contribution in [0.15, 0.2) is 24.3 Å². The number of nitrogens with one attached hydrogen (secondary N) is 1. The van der Waals surface area contributed by atoms with Crippen molar-refractivity contribution < 1.29 is 22.8 Å². The van der Waals surface area contributed by atoms with E-state index in [2.05, 4.69) is 12.2 Å². The first-order valence-electron chi connectivity index (χ1n) is 8.09. The van der Waals surface area contributed by atoms with Crippen molar-refractivity contribution in [1.29, 1.82) is 0 Å². The number of hydrogen-bond donors (Lipinski definition) is 2. The molecule has 1 heterocycles. The van der Waals surface area contributed by atoms with Crippen LogP contribution >= 0.6 is 11.3 Å². The number of anilines is 1. The Morgan fingerprint density at radius 1 is 1.23 bits per heavy atom. The lowest BCUT2D eigenvalue weighted by Gasteiger charge is -2.18. The van der Waals surface area contributed by atoms with Crippen molar-refractivity contribution in [2.45, 2.75) is 32.4 Å². The van der Waals surface area contributed by atoms with E-state index in [1.54, 1.807) is 0 Å². The average Bonchev–Trinajstić information content (AvgIpc) is 2.91. The van der Waals surface area contributed by atoms with Crippen LogP contribution in [0.4, 0.5) is 18.2 Å². The number of thiophene rings is 1. The molecular formula is C18H17F3N2O2S. The predicted molar refractivity (Wildman–Crippen MR) is 93.4 cm³/mol. The van der Waals surface area contributed by atoms with Crippen LogP contribution in [0.5, 0.6) is 0 Å². The molecule has 0 fully saturated rings. The van der Waals surface area contributed by atoms with E-state index in [1.165, 1.54) is 11.3 Å². The molecule has 3 rings (SSSR count). The van der Waals surface area contributed by atoms with Gasteiger partial charge in [-0.1, -0.05) is 6.92 Å². The Labute approximate surface area is 152 Å². The van der Waals surface area contributed by atoms with Crippen LogP contribution in [-0.4, -0.2) is 11.8 Å². The molecule has 1 aromatic carbocycles. The van der Waals surface area contributed by atoms with Crippen LogP contribution < -0.4 is 11.1 Å². The highest BCUT2D eigenvalue weighted by molar-refractivity contribution is 7.17. The Kier molecular flexibility index (Phi) is 4.79. The summed E-state index contributed by atoms with van der Waals surface area (Å²) in [4.78, 5) is 25.3. The van der Waals surface area contributed by atoms with Crippen molar-refractivity contribution in [1.82, 2.24) is 0 Å². The number of rotatable bonds is 3. The van der Waals surface area contributed by atoms with Gasteiger partial charge in [0.1, 0.15) is 5.00 Å². The number of fused-ring (bicyclic) bond motifs is 1. The molecule has 2 amide bonds. The number of benzene rings is 1. The van der Waals surface area contributed by atoms with Crippen molar-refractivity contribution in [3.8, 4) is 0 Å². The minimum atomic E-state index is -4.46. The largest absolute Gasteiger partial charge is 0.416 e. The van der Waals surface area contributed by atoms with Crippen LogP contribution in [0.25, 0.3) is 0 Å². The molecule has 1 aromatic heterocycles. The molecule has 0 spiro atoms. The molecule has 0 saturated carbocycles. The van der Waals surface area contributed by atoms with Crippen molar-refractivity contribution in [3.05, 3.63) is 51.4 Å². The van der Waals surface area contributed by atoms with Gasteiger partial charge >= 0.3 is 6.18 Å². The van der Waals surface area contributed by atoms with Crippen LogP contribution in [0.2, 0.25) is 0 Å². The lowest BCUT2D eigenvalue weighted by Crippen LogP contribution is -2.19. The van der Waals surface area contributed by atoms with Crippen LogP contribution in [0, 0.1) is 5.92 Å². The maximum absolute atomic E-state index is 12.6. The Morgan fingerprint density at radius 3 is 2.46 bits per heavy atom. The Balaban J connectivity index is 1.87. The first-order chi connectivity index (χ1) is 12.2. The number of carbonyl (C=O) groups excluding carboxylic acids is 2. The summed E-state index contributed by atoms with van der Waals surface area (Å²) in [6, 6.07) is 3.92. The molecule has 138 valence electrons. The zero-order valence-electron chi connectivity index (χ0n) is 13.9. The number of carbonyl (C=O) groups is 2. The highest BCUT2D eigenvalue weighted by Gasteiger charge is 2.31. The molecule has 0 saturated heterocycles. The van der Waals surface area contributed by atoms with Gasteiger partial charge in [-0.25, -0.2) is 0 Å². The zero-order valence-corrected chi connectivity index (χ0v) is 14.8. The first-order valence-corrected chi connectivity index (χ1v) is 8.91. The molecule has 1 atom stereocenters. The summed E-state index contributed by atoms with van der Waals surface area (Å²) in [6.07, 6.45) is -1.98. The normalized spacial score (nSPS) is 16.8. The third kappa shape index (κ3) is 3.60. The van der Waals surface area contributed by atoms with E-state index in [0.717, 1.165) is 54.0 Å². The lowest BCUT2D eigenvalue weighted by molar-refractivity contribution is -0.137. The van der Waals surface area contributed by atoms with E-state index in [0.29, 0.717) is 16.5 Å². The van der Waals surface area contributed by atoms with Gasteiger partial charge in [0.2, 0.25) is 0 Å². The first kappa shape index (κ1) is 18.4. The molecule has 1 aliphatic rings. The fourth-order valence-electron chi connectivity index (χ4n) is 3.09. The van der Waals surface area contributed by atoms with Gasteiger partial charge in [0.25, 0.3) is 11.8 Å². The second-order valence-electron chi connectivity index (χ2n) is 6.45. The smallest absolute Gasteiger partial charge is 0.365 e. The highest BCUT2D eigenvalue weighted by Crippen LogP contribution is 2.39. The van der Waals surface area contributed by atoms with Crippen molar-refractivity contribution in [3.63, 3.8) is 0 Å². The third-order valence-corrected chi connectivity index (χ3v) is 5.63. The summed E-state index contributed by atoms with van der Waals surface area (Å²) in [7, 11) is 0. The Morgan fingerprint density at radius 2 is 1.88 bits per heavy atom. The number of amides is 2. The number of nitrogens with two attached hydrogens (primary N) is 1. The molecular weight excluding hydrogens is 365 g/mol. The van der Waals surface area contributed by atoms with Gasteiger partial charge in [-0.2, -0.15) is 13.2 Å². The number of alkyl halides is 3. The summed E-state index contributed by atoms with van der Waals surface area (Å²) in [6.45, 7) is 2.12. The maximum atomic E-state index is 12.6. The summed E-state index contributed by atoms with van der Waals surface area (Å²) < 4.78 is 37.9. The second kappa shape index (κ2) is 6.75. The molecule has 2 aromatic rings. The van der Waals surface area contributed by atoms with Crippen LogP contribution in [0.3, 0.4) is 0 Å². The summed E-state index contributed by atoms with van der Waals surface area (Å²) in [5, 5.41) is 3.00. The molecule has 0 aliphatic heterocycles. The quantitative estimate of drug-likeness (QED) is 0.833. The van der Waals surface area contributed by atoms with Gasteiger partial charge in [-0.15, -0.1) is 11.3 Å². The van der Waals surface area contributed by atoms with Gasteiger partial charge in [-0.3, -0.25) is 9.59 Å². The third-order valence-electron chi connectivity index (χ3n) is 4.46. The van der Waals surface area contributed by atoms with E-state index in [4.69, 9.17) is 5.73 Å². The van der Waals surface area contributed by atoms with E-state index in [9.17, 15) is 22.8 Å². The Bertz CT molecular complexity index is 857. The fraction of sp³-hybridized carbons (Fsp3) is 0.333. The highest BCUT2D eigenvalue weighted by atomic mass is 32.1. The molecule has 0 bridgehead atoms. The zero-order chi connectivity index (χ0) is 19.1. The minimum Gasteiger partial charge on any atom is -0.365 e. The molecule has 1 aliphatic carbocycles. The number of hydrogen-bond acceptors (Lipinski definition) is 3. The molecule has 0 radical (unpaired) electrons. The maximum Gasteiger partial charge on any atom is 0.416 e. The monoisotopic (exact) mass is 382 g/mol. The number of halogens is 3. The van der Waals surface area contributed by atoms with Gasteiger partial charge in [-0.05, 0) is 55.0 Å². The molecule has 26 heavy (non-hydrogen) atoms. The molecule has 0 unspecified atom stereocenters. The van der Waals surface area contributed by atoms with Gasteiger partial charge in [0.05, 0.1) is 11.1 Å². The van der Waals surface area contributed by atoms with Gasteiger partial charge in [0.15, 0.2) is 0 Å². The summed E-state index contributed by atoms with van der Waals surface area (Å²) >= 11 is 1.31. The minimum absolute atomic E-state index is 0.0770. The lowest BCUT2D eigenvalue weighted by atomic mass is 9.88. The molecule has 3 N–H and O–H groups in total. The van der Waals surface area contributed by atoms with Crippen LogP contribution in [-0.2, 0) is 19.0 Å². The van der Waals surface area contributed by atoms with Crippen molar-refractivity contribution >= 4 is 28.2 Å². The summed E-state index contributed by atoms with van der Waals surface area (Å²) in [5.74, 6) is -0.701. The standard InChI is InChI=1S/C18H17F3N2O2S/c1-9-2-7-12-13(8-9)26-17(14(12)15(22)24)23-16(25)10-3-5-11(6-4-10)18(19,20)21/h3-6,9H,2,7-8H2,1H3,(H2,22,24)(H,23,25)/t9-/m0/s1. The van der Waals surface area contributed by atoms with E-state index < -0.39 is 23.6 Å². The Hall–Kier alpha value is -2.35. The SMILES string of the molecule is C[C@H]1CCc2c(sc(NC(=O)c3ccc(C(F)(F)F)cc3)c2C(N)=O)C1. The van der Waals surface area contributed by atoms with Crippen molar-refractivity contribution in [2.24, 2.45) is 11.7 Å². The second-order valence-corrected chi connectivity index (χ2v) is 7.55. The van der Waals surface area contributed by atoms with Gasteiger partial charge < -0.3 is 11.1 Å². The van der Waals surface area contributed by atoms with E-state index in [1.807, 2.05) is 0 Å². The fourth-order valence-corrected chi connectivity index (χ4v) is 4.50. The molecule has 8 heteroatoms.